The highest BCUT2D eigenvalue weighted by atomic mass is 16.4. The van der Waals surface area contributed by atoms with Crippen LogP contribution in [0, 0.1) is 0 Å². The topological polar surface area (TPSA) is 94.8 Å². The lowest BCUT2D eigenvalue weighted by atomic mass is 10.1. The Hall–Kier alpha value is -1.10. The molecule has 0 radical (unpaired) electrons. The summed E-state index contributed by atoms with van der Waals surface area (Å²) >= 11 is 0. The van der Waals surface area contributed by atoms with Crippen LogP contribution in [0.25, 0.3) is 0 Å². The van der Waals surface area contributed by atoms with E-state index in [1.54, 1.807) is 0 Å². The first-order valence-corrected chi connectivity index (χ1v) is 7.09. The van der Waals surface area contributed by atoms with Crippen molar-refractivity contribution < 1.29 is 24.9 Å². The molecule has 3 N–H and O–H groups in total. The Bertz CT molecular complexity index is 194. The third-order valence-electron chi connectivity index (χ3n) is 2.56. The summed E-state index contributed by atoms with van der Waals surface area (Å²) in [5, 5.41) is 23.9. The van der Waals surface area contributed by atoms with E-state index in [9.17, 15) is 9.59 Å². The standard InChI is InChI=1S/C11H24O.C3H4O4/c1-2-3-4-5-6-7-8-9-10-11-12;4-2(5)1-3(6)7/h12H,2-11H2,1H3;1H2,(H,4,5)(H,6,7). The third-order valence-corrected chi connectivity index (χ3v) is 2.56. The first kappa shape index (κ1) is 20.2. The summed E-state index contributed by atoms with van der Waals surface area (Å²) in [5.41, 5.74) is 0. The van der Waals surface area contributed by atoms with Gasteiger partial charge in [-0.2, -0.15) is 0 Å². The van der Waals surface area contributed by atoms with Gasteiger partial charge in [0.15, 0.2) is 0 Å². The van der Waals surface area contributed by atoms with Gasteiger partial charge in [-0.1, -0.05) is 58.3 Å². The van der Waals surface area contributed by atoms with Gasteiger partial charge in [-0.3, -0.25) is 9.59 Å². The molecule has 0 aromatic carbocycles. The van der Waals surface area contributed by atoms with Crippen molar-refractivity contribution in [3.63, 3.8) is 0 Å². The number of hydrogen-bond acceptors (Lipinski definition) is 3. The average Bonchev–Trinajstić information content (AvgIpc) is 2.32. The minimum atomic E-state index is -1.31. The van der Waals surface area contributed by atoms with Gasteiger partial charge in [-0.15, -0.1) is 0 Å². The molecule has 0 aliphatic heterocycles. The molecule has 0 spiro atoms. The van der Waals surface area contributed by atoms with Crippen LogP contribution in [0.2, 0.25) is 0 Å². The number of carboxylic acid groups (broad SMARTS) is 2. The molecule has 0 aliphatic rings. The van der Waals surface area contributed by atoms with Crippen molar-refractivity contribution in [1.82, 2.24) is 0 Å². The molecule has 0 fully saturated rings. The predicted molar refractivity (Wildman–Crippen MR) is 74.2 cm³/mol. The van der Waals surface area contributed by atoms with Crippen molar-refractivity contribution >= 4 is 11.9 Å². The number of carbonyl (C=O) groups is 2. The van der Waals surface area contributed by atoms with Crippen molar-refractivity contribution in [1.29, 1.82) is 0 Å². The number of aliphatic hydroxyl groups is 1. The van der Waals surface area contributed by atoms with Crippen LogP contribution < -0.4 is 0 Å². The summed E-state index contributed by atoms with van der Waals surface area (Å²) < 4.78 is 0. The second kappa shape index (κ2) is 16.9. The zero-order valence-electron chi connectivity index (χ0n) is 11.9. The van der Waals surface area contributed by atoms with Gasteiger partial charge in [0.25, 0.3) is 0 Å². The zero-order valence-corrected chi connectivity index (χ0v) is 11.9. The van der Waals surface area contributed by atoms with Gasteiger partial charge >= 0.3 is 11.9 Å². The monoisotopic (exact) mass is 276 g/mol. The maximum absolute atomic E-state index is 9.43. The molecule has 19 heavy (non-hydrogen) atoms. The normalized spacial score (nSPS) is 9.58. The van der Waals surface area contributed by atoms with E-state index in [1.807, 2.05) is 0 Å². The fourth-order valence-corrected chi connectivity index (χ4v) is 1.55. The predicted octanol–water partition coefficient (Wildman–Crippen LogP) is 3.06. The molecule has 0 atom stereocenters. The Morgan fingerprint density at radius 1 is 0.737 bits per heavy atom. The first-order chi connectivity index (χ1) is 9.04. The van der Waals surface area contributed by atoms with Crippen LogP contribution in [0.3, 0.4) is 0 Å². The molecular formula is C14H28O5. The molecule has 0 saturated carbocycles. The summed E-state index contributed by atoms with van der Waals surface area (Å²) in [5.74, 6) is -2.62. The van der Waals surface area contributed by atoms with Crippen LogP contribution >= 0.6 is 0 Å². The highest BCUT2D eigenvalue weighted by Gasteiger charge is 2.01. The van der Waals surface area contributed by atoms with Crippen molar-refractivity contribution in [2.24, 2.45) is 0 Å². The quantitative estimate of drug-likeness (QED) is 0.398. The minimum absolute atomic E-state index is 0.371. The van der Waals surface area contributed by atoms with Crippen molar-refractivity contribution in [2.75, 3.05) is 6.61 Å². The number of aliphatic carboxylic acids is 2. The Labute approximate surface area is 115 Å². The van der Waals surface area contributed by atoms with Crippen LogP contribution in [-0.2, 0) is 9.59 Å². The van der Waals surface area contributed by atoms with E-state index in [2.05, 4.69) is 6.92 Å². The molecule has 114 valence electrons. The molecule has 0 heterocycles. The van der Waals surface area contributed by atoms with Crippen LogP contribution in [0.15, 0.2) is 0 Å². The maximum atomic E-state index is 9.43. The lowest BCUT2D eigenvalue weighted by Gasteiger charge is -1.99. The van der Waals surface area contributed by atoms with E-state index in [-0.39, 0.29) is 0 Å². The molecule has 5 nitrogen and oxygen atoms in total. The van der Waals surface area contributed by atoms with Gasteiger partial charge in [-0.25, -0.2) is 0 Å². The zero-order chi connectivity index (χ0) is 14.9. The second-order valence-electron chi connectivity index (χ2n) is 4.52. The van der Waals surface area contributed by atoms with Crippen LogP contribution in [-0.4, -0.2) is 33.9 Å². The molecule has 0 amide bonds. The molecule has 0 unspecified atom stereocenters. The number of hydrogen-bond donors (Lipinski definition) is 3. The van der Waals surface area contributed by atoms with E-state index in [0.29, 0.717) is 6.61 Å². The molecule has 0 aromatic heterocycles. The SMILES string of the molecule is CCCCCCCCCCCO.O=C(O)CC(=O)O. The molecule has 0 aliphatic carbocycles. The summed E-state index contributed by atoms with van der Waals surface area (Å²) in [6, 6.07) is 0. The van der Waals surface area contributed by atoms with E-state index >= 15 is 0 Å². The fraction of sp³-hybridized carbons (Fsp3) is 0.857. The molecule has 0 saturated heterocycles. The molecule has 0 bridgehead atoms. The fourth-order valence-electron chi connectivity index (χ4n) is 1.55. The lowest BCUT2D eigenvalue weighted by molar-refractivity contribution is -0.147. The van der Waals surface area contributed by atoms with Gasteiger partial charge in [0.1, 0.15) is 6.42 Å². The highest BCUT2D eigenvalue weighted by molar-refractivity contribution is 5.88. The van der Waals surface area contributed by atoms with Gasteiger partial charge in [0, 0.05) is 6.61 Å². The Balaban J connectivity index is 0. The van der Waals surface area contributed by atoms with Crippen molar-refractivity contribution in [3.8, 4) is 0 Å². The summed E-state index contributed by atoms with van der Waals surface area (Å²) in [7, 11) is 0. The average molecular weight is 276 g/mol. The third kappa shape index (κ3) is 26.5. The number of unbranched alkanes of at least 4 members (excludes halogenated alkanes) is 8. The lowest BCUT2D eigenvalue weighted by Crippen LogP contribution is -2.03. The van der Waals surface area contributed by atoms with Gasteiger partial charge in [0.05, 0.1) is 0 Å². The molecule has 0 aromatic rings. The van der Waals surface area contributed by atoms with Crippen molar-refractivity contribution in [2.45, 2.75) is 71.1 Å². The number of carboxylic acids is 2. The van der Waals surface area contributed by atoms with Crippen LogP contribution in [0.1, 0.15) is 71.1 Å². The second-order valence-corrected chi connectivity index (χ2v) is 4.52. The largest absolute Gasteiger partial charge is 0.481 e. The molecular weight excluding hydrogens is 248 g/mol. The number of rotatable bonds is 11. The smallest absolute Gasteiger partial charge is 0.314 e. The maximum Gasteiger partial charge on any atom is 0.314 e. The summed E-state index contributed by atoms with van der Waals surface area (Å²) in [4.78, 5) is 18.9. The molecule has 0 rings (SSSR count). The minimum Gasteiger partial charge on any atom is -0.481 e. The highest BCUT2D eigenvalue weighted by Crippen LogP contribution is 2.08. The summed E-state index contributed by atoms with van der Waals surface area (Å²) in [6.45, 7) is 2.62. The summed E-state index contributed by atoms with van der Waals surface area (Å²) in [6.07, 6.45) is 11.0. The van der Waals surface area contributed by atoms with Crippen molar-refractivity contribution in [3.05, 3.63) is 0 Å². The van der Waals surface area contributed by atoms with E-state index in [1.165, 1.54) is 51.4 Å². The Morgan fingerprint density at radius 2 is 1.11 bits per heavy atom. The van der Waals surface area contributed by atoms with E-state index < -0.39 is 18.4 Å². The van der Waals surface area contributed by atoms with Crippen LogP contribution in [0.4, 0.5) is 0 Å². The van der Waals surface area contributed by atoms with E-state index in [4.69, 9.17) is 15.3 Å². The van der Waals surface area contributed by atoms with Gasteiger partial charge in [0.2, 0.25) is 0 Å². The Morgan fingerprint density at radius 3 is 1.37 bits per heavy atom. The number of aliphatic hydroxyl groups excluding tert-OH is 1. The van der Waals surface area contributed by atoms with E-state index in [0.717, 1.165) is 6.42 Å². The van der Waals surface area contributed by atoms with Crippen LogP contribution in [0.5, 0.6) is 0 Å². The van der Waals surface area contributed by atoms with Gasteiger partial charge < -0.3 is 15.3 Å². The Kier molecular flexibility index (Phi) is 18.0. The molecule has 5 heteroatoms. The first-order valence-electron chi connectivity index (χ1n) is 7.09. The van der Waals surface area contributed by atoms with Gasteiger partial charge in [-0.05, 0) is 6.42 Å².